The van der Waals surface area contributed by atoms with E-state index >= 15 is 0 Å². The maximum atomic E-state index is 12.1. The number of rotatable bonds is 5. The Bertz CT molecular complexity index is 305. The third-order valence-corrected chi connectivity index (χ3v) is 3.76. The summed E-state index contributed by atoms with van der Waals surface area (Å²) in [5, 5.41) is 2.78. The summed E-state index contributed by atoms with van der Waals surface area (Å²) in [5.74, 6) is -0.0935. The smallest absolute Gasteiger partial charge is 0.240 e. The Morgan fingerprint density at radius 1 is 1.33 bits per heavy atom. The summed E-state index contributed by atoms with van der Waals surface area (Å²) >= 11 is 0. The molecule has 1 aliphatic rings. The van der Waals surface area contributed by atoms with Gasteiger partial charge in [0, 0.05) is 5.92 Å². The van der Waals surface area contributed by atoms with Crippen molar-refractivity contribution in [1.82, 2.24) is 5.32 Å². The van der Waals surface area contributed by atoms with Crippen LogP contribution in [0, 0.1) is 17.8 Å². The lowest BCUT2D eigenvalue weighted by atomic mass is 9.81. The number of nitrogens with two attached hydrogens (primary N) is 2. The van der Waals surface area contributed by atoms with E-state index in [4.69, 9.17) is 11.5 Å². The van der Waals surface area contributed by atoms with E-state index in [0.717, 1.165) is 25.7 Å². The van der Waals surface area contributed by atoms with Gasteiger partial charge in [-0.3, -0.25) is 9.59 Å². The van der Waals surface area contributed by atoms with Gasteiger partial charge in [-0.25, -0.2) is 0 Å². The largest absolute Gasteiger partial charge is 0.368 e. The zero-order valence-electron chi connectivity index (χ0n) is 11.3. The van der Waals surface area contributed by atoms with Crippen LogP contribution in [0.15, 0.2) is 0 Å². The molecule has 3 atom stereocenters. The highest BCUT2D eigenvalue weighted by Gasteiger charge is 2.29. The maximum Gasteiger partial charge on any atom is 0.240 e. The molecule has 1 aliphatic carbocycles. The van der Waals surface area contributed by atoms with Gasteiger partial charge in [0.2, 0.25) is 11.8 Å². The van der Waals surface area contributed by atoms with Gasteiger partial charge in [-0.2, -0.15) is 0 Å². The minimum absolute atomic E-state index is 0.0142. The Balaban J connectivity index is 2.55. The van der Waals surface area contributed by atoms with Gasteiger partial charge in [0.25, 0.3) is 0 Å². The molecular formula is C13H25N3O2. The van der Waals surface area contributed by atoms with Crippen molar-refractivity contribution in [3.05, 3.63) is 0 Å². The molecule has 5 heteroatoms. The number of hydrogen-bond donors (Lipinski definition) is 3. The van der Waals surface area contributed by atoms with Crippen molar-refractivity contribution in [3.8, 4) is 0 Å². The molecule has 1 fully saturated rings. The summed E-state index contributed by atoms with van der Waals surface area (Å²) < 4.78 is 0. The quantitative estimate of drug-likeness (QED) is 0.662. The van der Waals surface area contributed by atoms with Gasteiger partial charge in [-0.1, -0.05) is 20.3 Å². The molecule has 5 N–H and O–H groups in total. The van der Waals surface area contributed by atoms with E-state index < -0.39 is 11.9 Å². The van der Waals surface area contributed by atoms with Gasteiger partial charge in [-0.05, 0) is 37.6 Å². The normalized spacial score (nSPS) is 25.8. The fraction of sp³-hybridized carbons (Fsp3) is 0.846. The summed E-state index contributed by atoms with van der Waals surface area (Å²) in [7, 11) is 0. The first kappa shape index (κ1) is 15.0. The molecule has 3 unspecified atom stereocenters. The van der Waals surface area contributed by atoms with E-state index in [0.29, 0.717) is 12.5 Å². The Hall–Kier alpha value is -1.10. The van der Waals surface area contributed by atoms with Gasteiger partial charge in [-0.15, -0.1) is 0 Å². The van der Waals surface area contributed by atoms with Crippen molar-refractivity contribution in [1.29, 1.82) is 0 Å². The van der Waals surface area contributed by atoms with Crippen LogP contribution in [-0.2, 0) is 9.59 Å². The first-order valence-electron chi connectivity index (χ1n) is 6.75. The van der Waals surface area contributed by atoms with Crippen LogP contribution in [0.3, 0.4) is 0 Å². The summed E-state index contributed by atoms with van der Waals surface area (Å²) in [6, 6.07) is -0.573. The molecule has 0 heterocycles. The topological polar surface area (TPSA) is 98.2 Å². The van der Waals surface area contributed by atoms with Crippen LogP contribution < -0.4 is 16.8 Å². The maximum absolute atomic E-state index is 12.1. The van der Waals surface area contributed by atoms with Gasteiger partial charge >= 0.3 is 0 Å². The van der Waals surface area contributed by atoms with E-state index in [-0.39, 0.29) is 17.7 Å². The predicted octanol–water partition coefficient (Wildman–Crippen LogP) is 0.378. The number of carbonyl (C=O) groups is 2. The van der Waals surface area contributed by atoms with Gasteiger partial charge < -0.3 is 16.8 Å². The van der Waals surface area contributed by atoms with Crippen LogP contribution in [0.2, 0.25) is 0 Å². The molecule has 0 aromatic rings. The molecule has 0 aromatic heterocycles. The lowest BCUT2D eigenvalue weighted by molar-refractivity contribution is -0.131. The van der Waals surface area contributed by atoms with E-state index in [1.54, 1.807) is 0 Å². The van der Waals surface area contributed by atoms with E-state index in [9.17, 15) is 9.59 Å². The Labute approximate surface area is 109 Å². The standard InChI is InChI=1S/C13H25N3O2/c1-8(2)11(12(15)17)16-13(18)10-5-3-4-9(6-10)7-14/h8-11H,3-7,14H2,1-2H3,(H2,15,17)(H,16,18). The van der Waals surface area contributed by atoms with Crippen LogP contribution in [0.1, 0.15) is 39.5 Å². The van der Waals surface area contributed by atoms with Crippen LogP contribution >= 0.6 is 0 Å². The van der Waals surface area contributed by atoms with E-state index in [1.165, 1.54) is 0 Å². The summed E-state index contributed by atoms with van der Waals surface area (Å²) in [5.41, 5.74) is 11.0. The molecule has 0 aliphatic heterocycles. The second-order valence-electron chi connectivity index (χ2n) is 5.60. The van der Waals surface area contributed by atoms with Crippen LogP contribution in [0.25, 0.3) is 0 Å². The molecule has 2 amide bonds. The zero-order valence-corrected chi connectivity index (χ0v) is 11.3. The minimum Gasteiger partial charge on any atom is -0.368 e. The minimum atomic E-state index is -0.573. The lowest BCUT2D eigenvalue weighted by Gasteiger charge is -2.29. The molecule has 1 saturated carbocycles. The van der Waals surface area contributed by atoms with Crippen LogP contribution in [0.4, 0.5) is 0 Å². The van der Waals surface area contributed by atoms with Crippen molar-refractivity contribution in [2.24, 2.45) is 29.2 Å². The molecule has 0 radical (unpaired) electrons. The first-order valence-corrected chi connectivity index (χ1v) is 6.75. The molecule has 1 rings (SSSR count). The molecule has 0 bridgehead atoms. The molecule has 0 spiro atoms. The molecule has 18 heavy (non-hydrogen) atoms. The molecule has 5 nitrogen and oxygen atoms in total. The van der Waals surface area contributed by atoms with Crippen molar-refractivity contribution in [2.75, 3.05) is 6.54 Å². The van der Waals surface area contributed by atoms with Gasteiger partial charge in [0.05, 0.1) is 0 Å². The zero-order chi connectivity index (χ0) is 13.7. The number of carbonyl (C=O) groups excluding carboxylic acids is 2. The fourth-order valence-electron chi connectivity index (χ4n) is 2.58. The third kappa shape index (κ3) is 3.98. The molecule has 0 aromatic carbocycles. The SMILES string of the molecule is CC(C)C(NC(=O)C1CCCC(CN)C1)C(N)=O. The van der Waals surface area contributed by atoms with E-state index in [1.807, 2.05) is 13.8 Å². The number of primary amides is 1. The van der Waals surface area contributed by atoms with Crippen LogP contribution in [-0.4, -0.2) is 24.4 Å². The van der Waals surface area contributed by atoms with Crippen molar-refractivity contribution in [2.45, 2.75) is 45.6 Å². The first-order chi connectivity index (χ1) is 8.45. The second-order valence-corrected chi connectivity index (χ2v) is 5.60. The summed E-state index contributed by atoms with van der Waals surface area (Å²) in [6.45, 7) is 4.38. The van der Waals surface area contributed by atoms with Crippen molar-refractivity contribution in [3.63, 3.8) is 0 Å². The fourth-order valence-corrected chi connectivity index (χ4v) is 2.58. The number of nitrogens with one attached hydrogen (secondary N) is 1. The average molecular weight is 255 g/mol. The molecular weight excluding hydrogens is 230 g/mol. The van der Waals surface area contributed by atoms with Crippen LogP contribution in [0.5, 0.6) is 0 Å². The van der Waals surface area contributed by atoms with E-state index in [2.05, 4.69) is 5.32 Å². The predicted molar refractivity (Wildman–Crippen MR) is 70.5 cm³/mol. The highest BCUT2D eigenvalue weighted by molar-refractivity contribution is 5.87. The van der Waals surface area contributed by atoms with Gasteiger partial charge in [0.15, 0.2) is 0 Å². The number of amides is 2. The number of hydrogen-bond acceptors (Lipinski definition) is 3. The lowest BCUT2D eigenvalue weighted by Crippen LogP contribution is -2.50. The highest BCUT2D eigenvalue weighted by atomic mass is 16.2. The Morgan fingerprint density at radius 2 is 2.00 bits per heavy atom. The second kappa shape index (κ2) is 6.73. The molecule has 0 saturated heterocycles. The monoisotopic (exact) mass is 255 g/mol. The Kier molecular flexibility index (Phi) is 5.59. The van der Waals surface area contributed by atoms with Crippen molar-refractivity contribution >= 4 is 11.8 Å². The average Bonchev–Trinajstić information content (AvgIpc) is 2.34. The summed E-state index contributed by atoms with van der Waals surface area (Å²) in [4.78, 5) is 23.4. The Morgan fingerprint density at radius 3 is 2.50 bits per heavy atom. The highest BCUT2D eigenvalue weighted by Crippen LogP contribution is 2.28. The summed E-state index contributed by atoms with van der Waals surface area (Å²) in [6.07, 6.45) is 3.84. The van der Waals surface area contributed by atoms with Crippen molar-refractivity contribution < 1.29 is 9.59 Å². The van der Waals surface area contributed by atoms with Gasteiger partial charge in [0.1, 0.15) is 6.04 Å². The third-order valence-electron chi connectivity index (χ3n) is 3.76. The molecule has 104 valence electrons.